The Balaban J connectivity index is 1.50. The SMILES string of the molecule is CC(C)COc1ccccc1NCc1ccc(OCC2CCCO2)cc1. The van der Waals surface area contributed by atoms with Crippen molar-refractivity contribution < 1.29 is 14.2 Å². The average Bonchev–Trinajstić information content (AvgIpc) is 3.18. The summed E-state index contributed by atoms with van der Waals surface area (Å²) < 4.78 is 17.3. The van der Waals surface area contributed by atoms with E-state index < -0.39 is 0 Å². The summed E-state index contributed by atoms with van der Waals surface area (Å²) in [5, 5.41) is 3.46. The first-order valence-corrected chi connectivity index (χ1v) is 9.50. The van der Waals surface area contributed by atoms with Crippen molar-refractivity contribution in [3.8, 4) is 11.5 Å². The second-order valence-electron chi connectivity index (χ2n) is 7.14. The summed E-state index contributed by atoms with van der Waals surface area (Å²) in [6, 6.07) is 16.3. The minimum absolute atomic E-state index is 0.249. The number of anilines is 1. The summed E-state index contributed by atoms with van der Waals surface area (Å²) in [5.41, 5.74) is 2.22. The highest BCUT2D eigenvalue weighted by Gasteiger charge is 2.15. The molecule has 0 spiro atoms. The van der Waals surface area contributed by atoms with Gasteiger partial charge in [0.15, 0.2) is 0 Å². The molecule has 26 heavy (non-hydrogen) atoms. The van der Waals surface area contributed by atoms with E-state index in [2.05, 4.69) is 37.4 Å². The molecule has 3 rings (SSSR count). The van der Waals surface area contributed by atoms with E-state index in [0.717, 1.165) is 49.8 Å². The molecule has 4 nitrogen and oxygen atoms in total. The molecule has 1 atom stereocenters. The Bertz CT molecular complexity index is 663. The van der Waals surface area contributed by atoms with Crippen LogP contribution in [-0.2, 0) is 11.3 Å². The molecule has 1 heterocycles. The van der Waals surface area contributed by atoms with Gasteiger partial charge in [0.2, 0.25) is 0 Å². The predicted molar refractivity (Wildman–Crippen MR) is 105 cm³/mol. The van der Waals surface area contributed by atoms with Gasteiger partial charge in [-0.3, -0.25) is 0 Å². The van der Waals surface area contributed by atoms with Crippen LogP contribution in [0.5, 0.6) is 11.5 Å². The van der Waals surface area contributed by atoms with E-state index in [9.17, 15) is 0 Å². The fourth-order valence-corrected chi connectivity index (χ4v) is 2.86. The van der Waals surface area contributed by atoms with E-state index in [1.54, 1.807) is 0 Å². The lowest BCUT2D eigenvalue weighted by molar-refractivity contribution is 0.0679. The summed E-state index contributed by atoms with van der Waals surface area (Å²) in [7, 11) is 0. The third kappa shape index (κ3) is 5.67. The number of rotatable bonds is 9. The predicted octanol–water partition coefficient (Wildman–Crippen LogP) is 4.89. The second-order valence-corrected chi connectivity index (χ2v) is 7.14. The third-order valence-corrected chi connectivity index (χ3v) is 4.33. The summed E-state index contributed by atoms with van der Waals surface area (Å²) in [5.74, 6) is 2.30. The standard InChI is InChI=1S/C22H29NO3/c1-17(2)15-26-22-8-4-3-7-21(22)23-14-18-9-11-19(12-10-18)25-16-20-6-5-13-24-20/h3-4,7-12,17,20,23H,5-6,13-16H2,1-2H3. The minimum Gasteiger partial charge on any atom is -0.491 e. The lowest BCUT2D eigenvalue weighted by Gasteiger charge is -2.15. The first-order valence-electron chi connectivity index (χ1n) is 9.50. The topological polar surface area (TPSA) is 39.7 Å². The molecule has 0 radical (unpaired) electrons. The molecule has 4 heteroatoms. The smallest absolute Gasteiger partial charge is 0.142 e. The van der Waals surface area contributed by atoms with E-state index >= 15 is 0 Å². The van der Waals surface area contributed by atoms with Gasteiger partial charge in [0.05, 0.1) is 18.4 Å². The Kier molecular flexibility index (Phi) is 6.78. The molecule has 1 aliphatic heterocycles. The van der Waals surface area contributed by atoms with E-state index in [4.69, 9.17) is 14.2 Å². The van der Waals surface area contributed by atoms with Crippen LogP contribution in [0.25, 0.3) is 0 Å². The number of ether oxygens (including phenoxy) is 3. The minimum atomic E-state index is 0.249. The summed E-state index contributed by atoms with van der Waals surface area (Å²) in [6.45, 7) is 7.26. The maximum absolute atomic E-state index is 5.89. The maximum Gasteiger partial charge on any atom is 0.142 e. The first kappa shape index (κ1) is 18.6. The van der Waals surface area contributed by atoms with Gasteiger partial charge in [-0.05, 0) is 48.6 Å². The normalized spacial score (nSPS) is 16.7. The lowest BCUT2D eigenvalue weighted by Crippen LogP contribution is -2.16. The Hall–Kier alpha value is -2.20. The second kappa shape index (κ2) is 9.48. The molecule has 1 unspecified atom stereocenters. The van der Waals surface area contributed by atoms with Crippen molar-refractivity contribution in [3.63, 3.8) is 0 Å². The molecule has 0 bridgehead atoms. The number of benzene rings is 2. The van der Waals surface area contributed by atoms with Crippen LogP contribution in [-0.4, -0.2) is 25.9 Å². The fraction of sp³-hybridized carbons (Fsp3) is 0.455. The number of para-hydroxylation sites is 2. The highest BCUT2D eigenvalue weighted by Crippen LogP contribution is 2.25. The van der Waals surface area contributed by atoms with E-state index in [1.165, 1.54) is 5.56 Å². The van der Waals surface area contributed by atoms with Crippen LogP contribution in [0, 0.1) is 5.92 Å². The first-order chi connectivity index (χ1) is 12.7. The monoisotopic (exact) mass is 355 g/mol. The quantitative estimate of drug-likeness (QED) is 0.695. The van der Waals surface area contributed by atoms with Gasteiger partial charge in [0, 0.05) is 13.2 Å². The lowest BCUT2D eigenvalue weighted by atomic mass is 10.2. The Labute approximate surface area is 156 Å². The van der Waals surface area contributed by atoms with Crippen LogP contribution in [0.1, 0.15) is 32.3 Å². The zero-order valence-corrected chi connectivity index (χ0v) is 15.7. The zero-order chi connectivity index (χ0) is 18.2. The molecular weight excluding hydrogens is 326 g/mol. The molecule has 1 fully saturated rings. The van der Waals surface area contributed by atoms with Crippen LogP contribution in [0.3, 0.4) is 0 Å². The van der Waals surface area contributed by atoms with Gasteiger partial charge < -0.3 is 19.5 Å². The molecule has 0 aromatic heterocycles. The number of nitrogens with one attached hydrogen (secondary N) is 1. The van der Waals surface area contributed by atoms with Crippen LogP contribution in [0.15, 0.2) is 48.5 Å². The van der Waals surface area contributed by atoms with E-state index in [0.29, 0.717) is 12.5 Å². The van der Waals surface area contributed by atoms with Gasteiger partial charge in [-0.2, -0.15) is 0 Å². The molecule has 1 N–H and O–H groups in total. The molecule has 2 aromatic rings. The van der Waals surface area contributed by atoms with E-state index in [1.807, 2.05) is 30.3 Å². The van der Waals surface area contributed by atoms with Gasteiger partial charge >= 0.3 is 0 Å². The van der Waals surface area contributed by atoms with Crippen molar-refractivity contribution in [2.24, 2.45) is 5.92 Å². The van der Waals surface area contributed by atoms with Crippen LogP contribution in [0.4, 0.5) is 5.69 Å². The van der Waals surface area contributed by atoms with Crippen molar-refractivity contribution >= 4 is 5.69 Å². The van der Waals surface area contributed by atoms with Gasteiger partial charge in [-0.15, -0.1) is 0 Å². The van der Waals surface area contributed by atoms with Gasteiger partial charge in [0.1, 0.15) is 18.1 Å². The Morgan fingerprint density at radius 1 is 1.08 bits per heavy atom. The molecule has 0 aliphatic carbocycles. The molecule has 1 aliphatic rings. The highest BCUT2D eigenvalue weighted by molar-refractivity contribution is 5.56. The Morgan fingerprint density at radius 2 is 1.88 bits per heavy atom. The van der Waals surface area contributed by atoms with Crippen LogP contribution >= 0.6 is 0 Å². The molecule has 0 amide bonds. The zero-order valence-electron chi connectivity index (χ0n) is 15.7. The van der Waals surface area contributed by atoms with Crippen molar-refractivity contribution in [3.05, 3.63) is 54.1 Å². The molecule has 1 saturated heterocycles. The Morgan fingerprint density at radius 3 is 2.62 bits per heavy atom. The fourth-order valence-electron chi connectivity index (χ4n) is 2.86. The molecule has 2 aromatic carbocycles. The molecular formula is C22H29NO3. The third-order valence-electron chi connectivity index (χ3n) is 4.33. The van der Waals surface area contributed by atoms with Crippen LogP contribution in [0.2, 0.25) is 0 Å². The highest BCUT2D eigenvalue weighted by atomic mass is 16.5. The summed E-state index contributed by atoms with van der Waals surface area (Å²) in [6.07, 6.45) is 2.49. The van der Waals surface area contributed by atoms with Gasteiger partial charge in [-0.25, -0.2) is 0 Å². The van der Waals surface area contributed by atoms with Gasteiger partial charge in [-0.1, -0.05) is 38.1 Å². The molecule has 0 saturated carbocycles. The van der Waals surface area contributed by atoms with E-state index in [-0.39, 0.29) is 6.10 Å². The van der Waals surface area contributed by atoms with Crippen molar-refractivity contribution in [2.75, 3.05) is 25.1 Å². The summed E-state index contributed by atoms with van der Waals surface area (Å²) >= 11 is 0. The molecule has 140 valence electrons. The van der Waals surface area contributed by atoms with Crippen molar-refractivity contribution in [1.29, 1.82) is 0 Å². The van der Waals surface area contributed by atoms with Crippen molar-refractivity contribution in [2.45, 2.75) is 39.3 Å². The number of hydrogen-bond donors (Lipinski definition) is 1. The van der Waals surface area contributed by atoms with Crippen molar-refractivity contribution in [1.82, 2.24) is 0 Å². The van der Waals surface area contributed by atoms with Gasteiger partial charge in [0.25, 0.3) is 0 Å². The summed E-state index contributed by atoms with van der Waals surface area (Å²) in [4.78, 5) is 0. The number of hydrogen-bond acceptors (Lipinski definition) is 4. The average molecular weight is 355 g/mol. The largest absolute Gasteiger partial charge is 0.491 e. The maximum atomic E-state index is 5.89. The van der Waals surface area contributed by atoms with Crippen LogP contribution < -0.4 is 14.8 Å².